The molecule has 1 aromatic carbocycles. The molecule has 0 spiro atoms. The van der Waals surface area contributed by atoms with Crippen LogP contribution in [0.15, 0.2) is 35.4 Å². The molecule has 0 aliphatic heterocycles. The first-order valence-corrected chi connectivity index (χ1v) is 3.56. The van der Waals surface area contributed by atoms with Crippen molar-refractivity contribution in [3.8, 4) is 0 Å². The number of hydrogen-bond donors (Lipinski definition) is 1. The summed E-state index contributed by atoms with van der Waals surface area (Å²) < 4.78 is 42.5. The number of carbonyl (C=O) groups is 1. The number of nitrogens with zero attached hydrogens (tertiary/aromatic N) is 1. The van der Waals surface area contributed by atoms with Crippen LogP contribution in [0.3, 0.4) is 0 Å². The van der Waals surface area contributed by atoms with Gasteiger partial charge in [-0.3, -0.25) is 4.79 Å². The first-order valence-electron chi connectivity index (χ1n) is 6.56. The third kappa shape index (κ3) is 3.07. The average molecular weight is 182 g/mol. The monoisotopic (exact) mass is 182 g/mol. The number of nitrogens with one attached hydrogen (secondary N) is 1. The second-order valence-corrected chi connectivity index (χ2v) is 2.27. The van der Waals surface area contributed by atoms with Gasteiger partial charge in [-0.25, -0.2) is 5.43 Å². The molecule has 0 atom stereocenters. The number of amides is 1. The van der Waals surface area contributed by atoms with Crippen molar-refractivity contribution in [1.82, 2.24) is 5.43 Å². The van der Waals surface area contributed by atoms with E-state index < -0.39 is 25.3 Å². The molecule has 3 nitrogen and oxygen atoms in total. The van der Waals surface area contributed by atoms with E-state index in [2.05, 4.69) is 5.10 Å². The molecule has 0 aliphatic rings. The standard InChI is InChI=1S/C10H12N2O/c1-8(2)11-12-10(13)9-6-4-3-5-7-9/h3-7H,1-2H3,(H,12,13)/i1D3,2D3. The normalized spacial score (nSPS) is 17.8. The molecule has 1 amide bonds. The summed E-state index contributed by atoms with van der Waals surface area (Å²) in [6, 6.07) is 7.93. The zero-order chi connectivity index (χ0) is 14.7. The molecule has 0 saturated carbocycles. The van der Waals surface area contributed by atoms with Crippen LogP contribution in [0, 0.1) is 0 Å². The summed E-state index contributed by atoms with van der Waals surface area (Å²) >= 11 is 0. The Labute approximate surface area is 85.9 Å². The molecule has 1 aromatic rings. The van der Waals surface area contributed by atoms with E-state index in [1.54, 1.807) is 18.2 Å². The molecule has 0 radical (unpaired) electrons. The Hall–Kier alpha value is -1.64. The third-order valence-electron chi connectivity index (χ3n) is 1.31. The lowest BCUT2D eigenvalue weighted by molar-refractivity contribution is 0.0955. The second-order valence-electron chi connectivity index (χ2n) is 2.27. The van der Waals surface area contributed by atoms with Crippen molar-refractivity contribution in [3.05, 3.63) is 35.9 Å². The van der Waals surface area contributed by atoms with Gasteiger partial charge in [0.25, 0.3) is 5.91 Å². The van der Waals surface area contributed by atoms with Gasteiger partial charge in [-0.1, -0.05) is 18.2 Å². The largest absolute Gasteiger partial charge is 0.271 e. The quantitative estimate of drug-likeness (QED) is 0.550. The van der Waals surface area contributed by atoms with Crippen molar-refractivity contribution in [2.45, 2.75) is 13.7 Å². The topological polar surface area (TPSA) is 41.5 Å². The van der Waals surface area contributed by atoms with E-state index in [9.17, 15) is 4.79 Å². The van der Waals surface area contributed by atoms with Crippen LogP contribution in [-0.4, -0.2) is 11.6 Å². The van der Waals surface area contributed by atoms with Gasteiger partial charge in [-0.2, -0.15) is 5.10 Å². The van der Waals surface area contributed by atoms with E-state index >= 15 is 0 Å². The number of rotatable bonds is 2. The molecular weight excluding hydrogens is 164 g/mol. The molecule has 68 valence electrons. The van der Waals surface area contributed by atoms with Gasteiger partial charge in [0.05, 0.1) is 0 Å². The van der Waals surface area contributed by atoms with Crippen molar-refractivity contribution < 1.29 is 13.0 Å². The Morgan fingerprint density at radius 1 is 1.38 bits per heavy atom. The van der Waals surface area contributed by atoms with Gasteiger partial charge in [0.2, 0.25) is 0 Å². The summed E-state index contributed by atoms with van der Waals surface area (Å²) in [7, 11) is 0. The molecule has 0 aromatic heterocycles. The lowest BCUT2D eigenvalue weighted by Crippen LogP contribution is -2.18. The highest BCUT2D eigenvalue weighted by molar-refractivity contribution is 5.94. The molecule has 0 unspecified atom stereocenters. The predicted molar refractivity (Wildman–Crippen MR) is 52.7 cm³/mol. The lowest BCUT2D eigenvalue weighted by atomic mass is 10.2. The van der Waals surface area contributed by atoms with Gasteiger partial charge in [0, 0.05) is 19.5 Å². The van der Waals surface area contributed by atoms with Gasteiger partial charge in [0.15, 0.2) is 0 Å². The Morgan fingerprint density at radius 3 is 2.69 bits per heavy atom. The van der Waals surface area contributed by atoms with Crippen LogP contribution in [0.4, 0.5) is 0 Å². The maximum Gasteiger partial charge on any atom is 0.271 e. The molecular formula is C10H12N2O. The fourth-order valence-corrected chi connectivity index (χ4v) is 0.761. The third-order valence-corrected chi connectivity index (χ3v) is 1.31. The van der Waals surface area contributed by atoms with Gasteiger partial charge < -0.3 is 0 Å². The van der Waals surface area contributed by atoms with Crippen LogP contribution in [0.5, 0.6) is 0 Å². The van der Waals surface area contributed by atoms with E-state index in [4.69, 9.17) is 8.22 Å². The molecule has 0 aliphatic carbocycles. The lowest BCUT2D eigenvalue weighted by Gasteiger charge is -1.98. The van der Waals surface area contributed by atoms with Crippen LogP contribution in [0.1, 0.15) is 32.3 Å². The number of benzene rings is 1. The molecule has 3 heteroatoms. The van der Waals surface area contributed by atoms with E-state index in [1.807, 2.05) is 5.43 Å². The van der Waals surface area contributed by atoms with Crippen LogP contribution in [-0.2, 0) is 0 Å². The Kier molecular flexibility index (Phi) is 1.37. The highest BCUT2D eigenvalue weighted by atomic mass is 16.2. The van der Waals surface area contributed by atoms with E-state index in [0.717, 1.165) is 0 Å². The summed E-state index contributed by atoms with van der Waals surface area (Å²) in [4.78, 5) is 11.6. The summed E-state index contributed by atoms with van der Waals surface area (Å²) in [5, 5.41) is 3.23. The first kappa shape index (κ1) is 4.05. The maximum absolute atomic E-state index is 11.6. The molecule has 0 heterocycles. The fourth-order valence-electron chi connectivity index (χ4n) is 0.761. The van der Waals surface area contributed by atoms with Crippen LogP contribution in [0.25, 0.3) is 0 Å². The van der Waals surface area contributed by atoms with Gasteiger partial charge >= 0.3 is 0 Å². The molecule has 1 N–H and O–H groups in total. The zero-order valence-corrected chi connectivity index (χ0v) is 6.74. The minimum atomic E-state index is -2.89. The second kappa shape index (κ2) is 4.40. The number of hydrogen-bond acceptors (Lipinski definition) is 2. The van der Waals surface area contributed by atoms with Crippen molar-refractivity contribution in [2.75, 3.05) is 0 Å². The van der Waals surface area contributed by atoms with Crippen LogP contribution in [0.2, 0.25) is 0 Å². The van der Waals surface area contributed by atoms with Gasteiger partial charge in [-0.15, -0.1) is 0 Å². The Bertz CT molecular complexity index is 461. The van der Waals surface area contributed by atoms with Gasteiger partial charge in [-0.05, 0) is 25.8 Å². The minimum absolute atomic E-state index is 0.252. The van der Waals surface area contributed by atoms with Crippen LogP contribution < -0.4 is 5.43 Å². The molecule has 0 bridgehead atoms. The smallest absolute Gasteiger partial charge is 0.267 e. The van der Waals surface area contributed by atoms with E-state index in [1.165, 1.54) is 12.1 Å². The Morgan fingerprint density at radius 2 is 2.08 bits per heavy atom. The molecule has 13 heavy (non-hydrogen) atoms. The fraction of sp³-hybridized carbons (Fsp3) is 0.200. The van der Waals surface area contributed by atoms with E-state index in [0.29, 0.717) is 0 Å². The Balaban J connectivity index is 2.92. The highest BCUT2D eigenvalue weighted by Crippen LogP contribution is 1.97. The molecule has 0 saturated heterocycles. The molecule has 1 rings (SSSR count). The summed E-state index contributed by atoms with van der Waals surface area (Å²) in [5.74, 6) is -0.674. The number of carbonyl (C=O) groups excluding carboxylic acids is 1. The average Bonchev–Trinajstić information content (AvgIpc) is 2.26. The first-order chi connectivity index (χ1) is 8.62. The summed E-state index contributed by atoms with van der Waals surface area (Å²) in [5.41, 5.74) is 1.17. The molecule has 0 fully saturated rings. The zero-order valence-electron chi connectivity index (χ0n) is 12.7. The summed E-state index contributed by atoms with van der Waals surface area (Å²) in [6.07, 6.45) is 0. The van der Waals surface area contributed by atoms with Crippen molar-refractivity contribution >= 4 is 11.6 Å². The number of hydrazone groups is 1. The van der Waals surface area contributed by atoms with Crippen molar-refractivity contribution in [1.29, 1.82) is 0 Å². The van der Waals surface area contributed by atoms with E-state index in [-0.39, 0.29) is 5.56 Å². The minimum Gasteiger partial charge on any atom is -0.267 e. The van der Waals surface area contributed by atoms with Crippen molar-refractivity contribution in [2.24, 2.45) is 5.10 Å². The van der Waals surface area contributed by atoms with Crippen molar-refractivity contribution in [3.63, 3.8) is 0 Å². The van der Waals surface area contributed by atoms with Crippen LogP contribution >= 0.6 is 0 Å². The maximum atomic E-state index is 11.6. The van der Waals surface area contributed by atoms with Gasteiger partial charge in [0.1, 0.15) is 0 Å². The summed E-state index contributed by atoms with van der Waals surface area (Å²) in [6.45, 7) is -5.79. The highest BCUT2D eigenvalue weighted by Gasteiger charge is 2.01. The SMILES string of the molecule is [2H]C([2H])([2H])C(=NNC(=O)c1ccccc1)C([2H])([2H])[2H]. The predicted octanol–water partition coefficient (Wildman–Crippen LogP) is 1.81.